The molecular formula is C32H29ClN2O6S. The van der Waals surface area contributed by atoms with Crippen LogP contribution in [0.1, 0.15) is 36.6 Å². The zero-order chi connectivity index (χ0) is 29.8. The average molecular weight is 605 g/mol. The van der Waals surface area contributed by atoms with Crippen molar-refractivity contribution < 1.29 is 23.7 Å². The van der Waals surface area contributed by atoms with E-state index in [4.69, 9.17) is 30.5 Å². The molecule has 0 spiro atoms. The second kappa shape index (κ2) is 12.7. The summed E-state index contributed by atoms with van der Waals surface area (Å²) in [5, 5.41) is 0.651. The predicted molar refractivity (Wildman–Crippen MR) is 162 cm³/mol. The number of methoxy groups -OCH3 is 2. The van der Waals surface area contributed by atoms with Crippen molar-refractivity contribution in [3.63, 3.8) is 0 Å². The molecule has 8 nitrogen and oxygen atoms in total. The largest absolute Gasteiger partial charge is 0.497 e. The molecule has 0 saturated heterocycles. The molecule has 5 rings (SSSR count). The van der Waals surface area contributed by atoms with Gasteiger partial charge in [0.2, 0.25) is 0 Å². The van der Waals surface area contributed by atoms with Crippen LogP contribution < -0.4 is 29.1 Å². The van der Waals surface area contributed by atoms with Gasteiger partial charge in [-0.25, -0.2) is 9.79 Å². The molecule has 4 aromatic rings. The number of carbonyl (C=O) groups is 1. The third-order valence-electron chi connectivity index (χ3n) is 6.74. The topological polar surface area (TPSA) is 88.4 Å². The summed E-state index contributed by atoms with van der Waals surface area (Å²) in [6, 6.07) is 19.4. The van der Waals surface area contributed by atoms with Crippen LogP contribution in [0.5, 0.6) is 17.2 Å². The van der Waals surface area contributed by atoms with Crippen molar-refractivity contribution in [2.24, 2.45) is 4.99 Å². The minimum atomic E-state index is -0.706. The van der Waals surface area contributed by atoms with Gasteiger partial charge in [0.15, 0.2) is 16.3 Å². The van der Waals surface area contributed by atoms with Crippen LogP contribution in [-0.4, -0.2) is 31.4 Å². The van der Waals surface area contributed by atoms with Gasteiger partial charge in [0.05, 0.1) is 42.7 Å². The van der Waals surface area contributed by atoms with Crippen molar-refractivity contribution in [3.05, 3.63) is 119 Å². The molecule has 0 saturated carbocycles. The molecule has 0 N–H and O–H groups in total. The fourth-order valence-electron chi connectivity index (χ4n) is 4.68. The molecule has 0 fully saturated rings. The van der Waals surface area contributed by atoms with Crippen LogP contribution in [0.4, 0.5) is 0 Å². The number of carbonyl (C=O) groups excluding carboxylic acids is 1. The number of esters is 1. The lowest BCUT2D eigenvalue weighted by Crippen LogP contribution is -2.39. The zero-order valence-electron chi connectivity index (χ0n) is 23.5. The third kappa shape index (κ3) is 5.98. The molecule has 1 atom stereocenters. The van der Waals surface area contributed by atoms with E-state index in [0.717, 1.165) is 16.7 Å². The normalized spacial score (nSPS) is 14.7. The van der Waals surface area contributed by atoms with E-state index in [0.29, 0.717) is 49.5 Å². The molecular weight excluding hydrogens is 576 g/mol. The summed E-state index contributed by atoms with van der Waals surface area (Å²) in [7, 11) is 3.16. The maximum Gasteiger partial charge on any atom is 0.338 e. The van der Waals surface area contributed by atoms with E-state index in [2.05, 4.69) is 4.99 Å². The van der Waals surface area contributed by atoms with Crippen LogP contribution in [0.3, 0.4) is 0 Å². The molecule has 0 unspecified atom stereocenters. The molecule has 0 bridgehead atoms. The Morgan fingerprint density at radius 2 is 1.76 bits per heavy atom. The van der Waals surface area contributed by atoms with Gasteiger partial charge in [0.25, 0.3) is 5.56 Å². The molecule has 0 aliphatic carbocycles. The molecule has 2 heterocycles. The van der Waals surface area contributed by atoms with Gasteiger partial charge in [-0.05, 0) is 73.0 Å². The van der Waals surface area contributed by atoms with Crippen LogP contribution in [0.25, 0.3) is 6.08 Å². The second-order valence-corrected chi connectivity index (χ2v) is 10.8. The van der Waals surface area contributed by atoms with E-state index in [1.807, 2.05) is 48.5 Å². The summed E-state index contributed by atoms with van der Waals surface area (Å²) < 4.78 is 24.2. The fourth-order valence-corrected chi connectivity index (χ4v) is 5.85. The Bertz CT molecular complexity index is 1820. The number of hydrogen-bond donors (Lipinski definition) is 0. The van der Waals surface area contributed by atoms with Gasteiger partial charge in [0, 0.05) is 5.02 Å². The SMILES string of the molecule is CCOC(=O)C1=C(C)N=c2sc(=Cc3ccc(OC)c(OCc4ccc(Cl)cc4)c3)c(=O)n2[C@@H]1c1ccc(OC)cc1. The minimum absolute atomic E-state index is 0.204. The van der Waals surface area contributed by atoms with Crippen molar-refractivity contribution in [2.75, 3.05) is 20.8 Å². The van der Waals surface area contributed by atoms with Crippen LogP contribution in [0.2, 0.25) is 5.02 Å². The lowest BCUT2D eigenvalue weighted by molar-refractivity contribution is -0.139. The Hall–Kier alpha value is -4.34. The van der Waals surface area contributed by atoms with E-state index in [1.54, 1.807) is 56.9 Å². The molecule has 0 radical (unpaired) electrons. The van der Waals surface area contributed by atoms with E-state index in [1.165, 1.54) is 11.3 Å². The van der Waals surface area contributed by atoms with Crippen LogP contribution >= 0.6 is 22.9 Å². The number of allylic oxidation sites excluding steroid dienone is 1. The number of ether oxygens (including phenoxy) is 4. The highest BCUT2D eigenvalue weighted by molar-refractivity contribution is 7.07. The van der Waals surface area contributed by atoms with Crippen LogP contribution in [0.15, 0.2) is 87.8 Å². The summed E-state index contributed by atoms with van der Waals surface area (Å²) in [4.78, 5) is 32.1. The van der Waals surface area contributed by atoms with E-state index >= 15 is 0 Å². The Kier molecular flexibility index (Phi) is 8.80. The highest BCUT2D eigenvalue weighted by atomic mass is 35.5. The monoisotopic (exact) mass is 604 g/mol. The molecule has 42 heavy (non-hydrogen) atoms. The van der Waals surface area contributed by atoms with E-state index < -0.39 is 12.0 Å². The summed E-state index contributed by atoms with van der Waals surface area (Å²) in [6.07, 6.45) is 1.78. The van der Waals surface area contributed by atoms with Gasteiger partial charge >= 0.3 is 5.97 Å². The zero-order valence-corrected chi connectivity index (χ0v) is 25.1. The highest BCUT2D eigenvalue weighted by Gasteiger charge is 2.33. The summed E-state index contributed by atoms with van der Waals surface area (Å²) in [5.74, 6) is 1.26. The minimum Gasteiger partial charge on any atom is -0.497 e. The van der Waals surface area contributed by atoms with Crippen molar-refractivity contribution >= 4 is 35.0 Å². The molecule has 1 aliphatic heterocycles. The van der Waals surface area contributed by atoms with Crippen molar-refractivity contribution in [1.29, 1.82) is 0 Å². The predicted octanol–water partition coefficient (Wildman–Crippen LogP) is 5.05. The van der Waals surface area contributed by atoms with Crippen molar-refractivity contribution in [2.45, 2.75) is 26.5 Å². The first kappa shape index (κ1) is 29.2. The van der Waals surface area contributed by atoms with Gasteiger partial charge in [-0.3, -0.25) is 9.36 Å². The summed E-state index contributed by atoms with van der Waals surface area (Å²) >= 11 is 7.25. The maximum absolute atomic E-state index is 13.9. The third-order valence-corrected chi connectivity index (χ3v) is 7.98. The molecule has 10 heteroatoms. The van der Waals surface area contributed by atoms with Gasteiger partial charge in [-0.15, -0.1) is 0 Å². The van der Waals surface area contributed by atoms with Gasteiger partial charge in [-0.2, -0.15) is 0 Å². The van der Waals surface area contributed by atoms with Crippen LogP contribution in [0, 0.1) is 0 Å². The Balaban J connectivity index is 1.57. The first-order chi connectivity index (χ1) is 20.3. The smallest absolute Gasteiger partial charge is 0.338 e. The number of halogens is 1. The first-order valence-electron chi connectivity index (χ1n) is 13.2. The van der Waals surface area contributed by atoms with Crippen molar-refractivity contribution in [3.8, 4) is 17.2 Å². The maximum atomic E-state index is 13.9. The lowest BCUT2D eigenvalue weighted by atomic mass is 9.96. The summed E-state index contributed by atoms with van der Waals surface area (Å²) in [6.45, 7) is 4.02. The fraction of sp³-hybridized carbons (Fsp3) is 0.219. The van der Waals surface area contributed by atoms with Gasteiger partial charge in [0.1, 0.15) is 12.4 Å². The van der Waals surface area contributed by atoms with Crippen molar-refractivity contribution in [1.82, 2.24) is 4.57 Å². The standard InChI is InChI=1S/C32H29ClN2O6S/c1-5-40-31(37)28-19(2)34-32-35(29(28)22-9-13-24(38-3)14-10-22)30(36)27(42-32)17-21-8-15-25(39-4)26(16-21)41-18-20-6-11-23(33)12-7-20/h6-17,29H,5,18H2,1-4H3/t29-/m1/s1. The van der Waals surface area contributed by atoms with Gasteiger partial charge in [-0.1, -0.05) is 53.3 Å². The number of benzene rings is 3. The Labute approximate surface area is 251 Å². The number of hydrogen-bond acceptors (Lipinski definition) is 8. The number of nitrogens with zero attached hydrogens (tertiary/aromatic N) is 2. The highest BCUT2D eigenvalue weighted by Crippen LogP contribution is 2.32. The number of thiazole rings is 1. The number of fused-ring (bicyclic) bond motifs is 1. The molecule has 1 aromatic heterocycles. The second-order valence-electron chi connectivity index (χ2n) is 9.40. The Morgan fingerprint density at radius 1 is 1.02 bits per heavy atom. The summed E-state index contributed by atoms with van der Waals surface area (Å²) in [5.41, 5.74) is 2.99. The lowest BCUT2D eigenvalue weighted by Gasteiger charge is -2.24. The van der Waals surface area contributed by atoms with Crippen LogP contribution in [-0.2, 0) is 16.1 Å². The molecule has 1 aliphatic rings. The molecule has 216 valence electrons. The molecule has 0 amide bonds. The van der Waals surface area contributed by atoms with E-state index in [-0.39, 0.29) is 12.2 Å². The number of aromatic nitrogens is 1. The van der Waals surface area contributed by atoms with E-state index in [9.17, 15) is 9.59 Å². The number of rotatable bonds is 9. The average Bonchev–Trinajstić information content (AvgIpc) is 3.30. The molecule has 3 aromatic carbocycles. The quantitative estimate of drug-likeness (QED) is 0.249. The van der Waals surface area contributed by atoms with Gasteiger partial charge < -0.3 is 18.9 Å². The first-order valence-corrected chi connectivity index (χ1v) is 14.4. The Morgan fingerprint density at radius 3 is 2.43 bits per heavy atom.